The first-order chi connectivity index (χ1) is 8.46. The standard InChI is InChI=1S/C13H18BrNO3S/c1-8-6-9(2)11(10(14)7-8)15-12(16)13(3,4)19(5,17)18/h6-7H,1-5H3,(H,15,16). The van der Waals surface area contributed by atoms with Crippen LogP contribution in [0.3, 0.4) is 0 Å². The Morgan fingerprint density at radius 1 is 1.26 bits per heavy atom. The van der Waals surface area contributed by atoms with Crippen LogP contribution in [0.1, 0.15) is 25.0 Å². The number of nitrogens with one attached hydrogen (secondary N) is 1. The number of aryl methyl sites for hydroxylation is 2. The van der Waals surface area contributed by atoms with Crippen molar-refractivity contribution in [3.05, 3.63) is 27.7 Å². The minimum Gasteiger partial charge on any atom is -0.323 e. The minimum absolute atomic E-state index is 0.539. The Labute approximate surface area is 122 Å². The molecule has 0 saturated carbocycles. The number of rotatable bonds is 3. The van der Waals surface area contributed by atoms with Gasteiger partial charge in [-0.1, -0.05) is 6.07 Å². The maximum Gasteiger partial charge on any atom is 0.245 e. The summed E-state index contributed by atoms with van der Waals surface area (Å²) in [5.74, 6) is -0.539. The van der Waals surface area contributed by atoms with Crippen molar-refractivity contribution in [1.82, 2.24) is 0 Å². The van der Waals surface area contributed by atoms with Crippen LogP contribution in [-0.2, 0) is 14.6 Å². The van der Waals surface area contributed by atoms with E-state index in [0.29, 0.717) is 5.69 Å². The normalized spacial score (nSPS) is 12.3. The first kappa shape index (κ1) is 16.2. The molecule has 1 N–H and O–H groups in total. The van der Waals surface area contributed by atoms with E-state index < -0.39 is 20.5 Å². The molecule has 0 saturated heterocycles. The van der Waals surface area contributed by atoms with Crippen LogP contribution in [0.4, 0.5) is 5.69 Å². The Bertz CT molecular complexity index is 598. The fourth-order valence-electron chi connectivity index (χ4n) is 1.51. The fraction of sp³-hybridized carbons (Fsp3) is 0.462. The third-order valence-corrected chi connectivity index (χ3v) is 5.81. The van der Waals surface area contributed by atoms with Crippen LogP contribution in [0.5, 0.6) is 0 Å². The Balaban J connectivity index is 3.15. The second-order valence-corrected chi connectivity index (χ2v) is 8.59. The van der Waals surface area contributed by atoms with Gasteiger partial charge in [-0.2, -0.15) is 0 Å². The van der Waals surface area contributed by atoms with Gasteiger partial charge in [0, 0.05) is 10.7 Å². The summed E-state index contributed by atoms with van der Waals surface area (Å²) in [5, 5.41) is 2.69. The zero-order chi connectivity index (χ0) is 15.0. The Hall–Kier alpha value is -0.880. The molecule has 0 bridgehead atoms. The fourth-order valence-corrected chi connectivity index (χ4v) is 2.67. The van der Waals surface area contributed by atoms with Gasteiger partial charge in [0.1, 0.15) is 4.75 Å². The quantitative estimate of drug-likeness (QED) is 0.914. The molecule has 1 aromatic rings. The molecular formula is C13H18BrNO3S. The molecule has 0 heterocycles. The number of carbonyl (C=O) groups is 1. The first-order valence-corrected chi connectivity index (χ1v) is 8.43. The van der Waals surface area contributed by atoms with Crippen molar-refractivity contribution in [3.8, 4) is 0 Å². The summed E-state index contributed by atoms with van der Waals surface area (Å²) in [6.07, 6.45) is 1.06. The molecule has 0 unspecified atom stereocenters. The van der Waals surface area contributed by atoms with Crippen LogP contribution in [0, 0.1) is 13.8 Å². The molecule has 1 aromatic carbocycles. The van der Waals surface area contributed by atoms with Crippen LogP contribution >= 0.6 is 15.9 Å². The summed E-state index contributed by atoms with van der Waals surface area (Å²) in [7, 11) is -3.48. The Morgan fingerprint density at radius 2 is 1.79 bits per heavy atom. The number of benzene rings is 1. The van der Waals surface area contributed by atoms with Crippen molar-refractivity contribution >= 4 is 37.4 Å². The lowest BCUT2D eigenvalue weighted by Gasteiger charge is -2.22. The van der Waals surface area contributed by atoms with Gasteiger partial charge in [0.05, 0.1) is 5.69 Å². The van der Waals surface area contributed by atoms with E-state index >= 15 is 0 Å². The molecular weight excluding hydrogens is 330 g/mol. The second kappa shape index (κ2) is 5.25. The van der Waals surface area contributed by atoms with Gasteiger partial charge >= 0.3 is 0 Å². The van der Waals surface area contributed by atoms with Crippen LogP contribution in [-0.4, -0.2) is 25.3 Å². The molecule has 0 radical (unpaired) electrons. The topological polar surface area (TPSA) is 63.2 Å². The molecule has 0 atom stereocenters. The lowest BCUT2D eigenvalue weighted by Crippen LogP contribution is -2.44. The van der Waals surface area contributed by atoms with Gasteiger partial charge in [-0.15, -0.1) is 0 Å². The predicted octanol–water partition coefficient (Wildman–Crippen LogP) is 2.83. The monoisotopic (exact) mass is 347 g/mol. The zero-order valence-corrected chi connectivity index (χ0v) is 14.1. The largest absolute Gasteiger partial charge is 0.323 e. The minimum atomic E-state index is -3.48. The van der Waals surface area contributed by atoms with E-state index in [0.717, 1.165) is 21.9 Å². The summed E-state index contributed by atoms with van der Waals surface area (Å²) >= 11 is 3.38. The third kappa shape index (κ3) is 3.36. The van der Waals surface area contributed by atoms with Crippen LogP contribution in [0.15, 0.2) is 16.6 Å². The van der Waals surface area contributed by atoms with E-state index in [4.69, 9.17) is 0 Å². The summed E-state index contributed by atoms with van der Waals surface area (Å²) in [5.41, 5.74) is 2.54. The highest BCUT2D eigenvalue weighted by Gasteiger charge is 2.38. The average Bonchev–Trinajstić information content (AvgIpc) is 2.21. The van der Waals surface area contributed by atoms with Gasteiger partial charge in [0.15, 0.2) is 9.84 Å². The van der Waals surface area contributed by atoms with Crippen molar-refractivity contribution in [2.24, 2.45) is 0 Å². The summed E-state index contributed by atoms with van der Waals surface area (Å²) < 4.78 is 22.5. The van der Waals surface area contributed by atoms with Gasteiger partial charge in [-0.25, -0.2) is 8.42 Å². The van der Waals surface area contributed by atoms with Gasteiger partial charge in [0.2, 0.25) is 5.91 Å². The zero-order valence-electron chi connectivity index (χ0n) is 11.7. The van der Waals surface area contributed by atoms with Gasteiger partial charge in [-0.05, 0) is 60.8 Å². The van der Waals surface area contributed by atoms with Crippen molar-refractivity contribution in [2.45, 2.75) is 32.4 Å². The average molecular weight is 348 g/mol. The molecule has 0 aromatic heterocycles. The highest BCUT2D eigenvalue weighted by Crippen LogP contribution is 2.29. The van der Waals surface area contributed by atoms with E-state index in [1.807, 2.05) is 26.0 Å². The predicted molar refractivity (Wildman–Crippen MR) is 81.2 cm³/mol. The summed E-state index contributed by atoms with van der Waals surface area (Å²) in [4.78, 5) is 12.2. The summed E-state index contributed by atoms with van der Waals surface area (Å²) in [6, 6.07) is 3.80. The van der Waals surface area contributed by atoms with E-state index in [-0.39, 0.29) is 0 Å². The van der Waals surface area contributed by atoms with E-state index in [1.165, 1.54) is 13.8 Å². The maximum absolute atomic E-state index is 12.2. The smallest absolute Gasteiger partial charge is 0.245 e. The van der Waals surface area contributed by atoms with Crippen molar-refractivity contribution in [2.75, 3.05) is 11.6 Å². The molecule has 1 rings (SSSR count). The van der Waals surface area contributed by atoms with Crippen LogP contribution < -0.4 is 5.32 Å². The molecule has 6 heteroatoms. The first-order valence-electron chi connectivity index (χ1n) is 5.74. The van der Waals surface area contributed by atoms with E-state index in [2.05, 4.69) is 21.2 Å². The Kier molecular flexibility index (Phi) is 4.47. The lowest BCUT2D eigenvalue weighted by atomic mass is 10.1. The van der Waals surface area contributed by atoms with Crippen molar-refractivity contribution in [3.63, 3.8) is 0 Å². The molecule has 0 aliphatic rings. The number of hydrogen-bond donors (Lipinski definition) is 1. The van der Waals surface area contributed by atoms with E-state index in [9.17, 15) is 13.2 Å². The summed E-state index contributed by atoms with van der Waals surface area (Å²) in [6.45, 7) is 6.61. The molecule has 0 spiro atoms. The van der Waals surface area contributed by atoms with Crippen LogP contribution in [0.25, 0.3) is 0 Å². The number of sulfone groups is 1. The third-order valence-electron chi connectivity index (χ3n) is 3.14. The number of hydrogen-bond acceptors (Lipinski definition) is 3. The number of anilines is 1. The molecule has 106 valence electrons. The van der Waals surface area contributed by atoms with Crippen LogP contribution in [0.2, 0.25) is 0 Å². The Morgan fingerprint density at radius 3 is 2.21 bits per heavy atom. The molecule has 1 amide bonds. The van der Waals surface area contributed by atoms with Gasteiger partial charge in [-0.3, -0.25) is 4.79 Å². The molecule has 0 aliphatic carbocycles. The van der Waals surface area contributed by atoms with Crippen molar-refractivity contribution < 1.29 is 13.2 Å². The lowest BCUT2D eigenvalue weighted by molar-refractivity contribution is -0.117. The molecule has 0 aliphatic heterocycles. The number of halogens is 1. The highest BCUT2D eigenvalue weighted by atomic mass is 79.9. The molecule has 19 heavy (non-hydrogen) atoms. The molecule has 0 fully saturated rings. The van der Waals surface area contributed by atoms with Gasteiger partial charge < -0.3 is 5.32 Å². The van der Waals surface area contributed by atoms with E-state index in [1.54, 1.807) is 0 Å². The maximum atomic E-state index is 12.2. The SMILES string of the molecule is Cc1cc(C)c(NC(=O)C(C)(C)S(C)(=O)=O)c(Br)c1. The van der Waals surface area contributed by atoms with Gasteiger partial charge in [0.25, 0.3) is 0 Å². The highest BCUT2D eigenvalue weighted by molar-refractivity contribution is 9.10. The number of amides is 1. The number of carbonyl (C=O) groups excluding carboxylic acids is 1. The van der Waals surface area contributed by atoms with Crippen molar-refractivity contribution in [1.29, 1.82) is 0 Å². The molecule has 4 nitrogen and oxygen atoms in total. The second-order valence-electron chi connectivity index (χ2n) is 5.18.